The Bertz CT molecular complexity index is 861. The summed E-state index contributed by atoms with van der Waals surface area (Å²) in [7, 11) is 0. The van der Waals surface area contributed by atoms with Crippen LogP contribution in [-0.4, -0.2) is 42.1 Å². The molecule has 1 atom stereocenters. The quantitative estimate of drug-likeness (QED) is 0.740. The highest BCUT2D eigenvalue weighted by Gasteiger charge is 2.26. The molecule has 0 aliphatic carbocycles. The van der Waals surface area contributed by atoms with Crippen LogP contribution in [0.25, 0.3) is 0 Å². The summed E-state index contributed by atoms with van der Waals surface area (Å²) < 4.78 is 0. The molecule has 1 aromatic carbocycles. The Labute approximate surface area is 180 Å². The molecule has 2 amide bonds. The highest BCUT2D eigenvalue weighted by Crippen LogP contribution is 2.32. The molecule has 2 aliphatic heterocycles. The van der Waals surface area contributed by atoms with E-state index in [4.69, 9.17) is 0 Å². The van der Waals surface area contributed by atoms with Crippen molar-refractivity contribution in [1.29, 1.82) is 0 Å². The molecule has 0 spiro atoms. The van der Waals surface area contributed by atoms with E-state index in [1.165, 1.54) is 17.7 Å². The largest absolute Gasteiger partial charge is 0.350 e. The first-order chi connectivity index (χ1) is 14.1. The molecule has 1 aromatic heterocycles. The molecule has 5 nitrogen and oxygen atoms in total. The lowest BCUT2D eigenvalue weighted by Crippen LogP contribution is -2.41. The summed E-state index contributed by atoms with van der Waals surface area (Å²) in [5.74, 6) is 1.45. The lowest BCUT2D eigenvalue weighted by Gasteiger charge is -2.36. The van der Waals surface area contributed by atoms with Gasteiger partial charge < -0.3 is 10.6 Å². The van der Waals surface area contributed by atoms with Gasteiger partial charge in [0.15, 0.2) is 0 Å². The van der Waals surface area contributed by atoms with Crippen LogP contribution in [0.5, 0.6) is 0 Å². The van der Waals surface area contributed by atoms with Gasteiger partial charge >= 0.3 is 0 Å². The monoisotopic (exact) mass is 429 g/mol. The smallest absolute Gasteiger partial charge is 0.251 e. The third-order valence-electron chi connectivity index (χ3n) is 5.69. The van der Waals surface area contributed by atoms with Crippen molar-refractivity contribution in [2.75, 3.05) is 30.7 Å². The summed E-state index contributed by atoms with van der Waals surface area (Å²) in [6, 6.07) is 10.0. The molecule has 2 aromatic rings. The molecule has 0 saturated carbocycles. The molecule has 4 rings (SSSR count). The van der Waals surface area contributed by atoms with Crippen LogP contribution >= 0.6 is 23.1 Å². The summed E-state index contributed by atoms with van der Waals surface area (Å²) >= 11 is 3.40. The van der Waals surface area contributed by atoms with E-state index in [9.17, 15) is 9.59 Å². The molecular formula is C22H27N3O2S2. The van der Waals surface area contributed by atoms with E-state index in [1.54, 1.807) is 29.2 Å². The number of fused-ring (bicyclic) bond motifs is 1. The lowest BCUT2D eigenvalue weighted by atomic mass is 9.97. The lowest BCUT2D eigenvalue weighted by molar-refractivity contribution is -0.115. The second kappa shape index (κ2) is 9.32. The van der Waals surface area contributed by atoms with E-state index in [2.05, 4.69) is 40.0 Å². The molecule has 154 valence electrons. The van der Waals surface area contributed by atoms with E-state index in [-0.39, 0.29) is 17.9 Å². The highest BCUT2D eigenvalue weighted by molar-refractivity contribution is 7.99. The molecule has 0 radical (unpaired) electrons. The number of thioether (sulfide) groups is 1. The Morgan fingerprint density at radius 1 is 1.31 bits per heavy atom. The minimum Gasteiger partial charge on any atom is -0.350 e. The first-order valence-corrected chi connectivity index (χ1v) is 12.1. The summed E-state index contributed by atoms with van der Waals surface area (Å²) in [5.41, 5.74) is 1.33. The maximum Gasteiger partial charge on any atom is 0.251 e. The number of amides is 2. The van der Waals surface area contributed by atoms with Crippen LogP contribution in [0, 0.1) is 5.92 Å². The SMILES string of the molecule is CC1CCN(C(CNC(=O)c2ccc3c(c2)NC(=O)CCS3)c2cccs2)CC1. The van der Waals surface area contributed by atoms with Crippen LogP contribution in [0.3, 0.4) is 0 Å². The molecule has 7 heteroatoms. The number of rotatable bonds is 5. The van der Waals surface area contributed by atoms with E-state index >= 15 is 0 Å². The Morgan fingerprint density at radius 3 is 2.90 bits per heavy atom. The van der Waals surface area contributed by atoms with Gasteiger partial charge in [-0.3, -0.25) is 14.5 Å². The Hall–Kier alpha value is -1.83. The Morgan fingerprint density at radius 2 is 2.14 bits per heavy atom. The van der Waals surface area contributed by atoms with E-state index in [0.717, 1.165) is 35.3 Å². The molecule has 29 heavy (non-hydrogen) atoms. The third-order valence-corrected chi connectivity index (χ3v) is 7.74. The van der Waals surface area contributed by atoms with Gasteiger partial charge in [-0.25, -0.2) is 0 Å². The van der Waals surface area contributed by atoms with E-state index < -0.39 is 0 Å². The number of nitrogens with one attached hydrogen (secondary N) is 2. The van der Waals surface area contributed by atoms with Gasteiger partial charge in [0.2, 0.25) is 5.91 Å². The Kier molecular flexibility index (Phi) is 6.57. The van der Waals surface area contributed by atoms with Crippen molar-refractivity contribution in [3.05, 3.63) is 46.2 Å². The topological polar surface area (TPSA) is 61.4 Å². The summed E-state index contributed by atoms with van der Waals surface area (Å²) in [5, 5.41) is 8.15. The van der Waals surface area contributed by atoms with Crippen molar-refractivity contribution < 1.29 is 9.59 Å². The van der Waals surface area contributed by atoms with Crippen LogP contribution in [0.2, 0.25) is 0 Å². The van der Waals surface area contributed by atoms with Gasteiger partial charge in [-0.05, 0) is 61.5 Å². The van der Waals surface area contributed by atoms with Crippen LogP contribution in [0.4, 0.5) is 5.69 Å². The molecule has 3 heterocycles. The summed E-state index contributed by atoms with van der Waals surface area (Å²) in [6.45, 7) is 5.05. The van der Waals surface area contributed by atoms with Gasteiger partial charge in [0.1, 0.15) is 0 Å². The zero-order valence-corrected chi connectivity index (χ0v) is 18.3. The third kappa shape index (κ3) is 5.02. The zero-order valence-electron chi connectivity index (χ0n) is 16.6. The minimum absolute atomic E-state index is 0.00546. The fourth-order valence-corrected chi connectivity index (χ4v) is 5.68. The van der Waals surface area contributed by atoms with Crippen LogP contribution in [0.1, 0.15) is 47.5 Å². The average molecular weight is 430 g/mol. The van der Waals surface area contributed by atoms with E-state index in [0.29, 0.717) is 18.5 Å². The zero-order chi connectivity index (χ0) is 20.2. The second-order valence-electron chi connectivity index (χ2n) is 7.82. The van der Waals surface area contributed by atoms with Gasteiger partial charge in [0, 0.05) is 34.1 Å². The van der Waals surface area contributed by atoms with E-state index in [1.807, 2.05) is 12.1 Å². The standard InChI is InChI=1S/C22H27N3O2S2/c1-15-6-9-25(10-7-15)18(20-3-2-11-28-20)14-23-22(27)16-4-5-19-17(13-16)24-21(26)8-12-29-19/h2-5,11,13,15,18H,6-10,12,14H2,1H3,(H,23,27)(H,24,26). The molecular weight excluding hydrogens is 402 g/mol. The van der Waals surface area contributed by atoms with Gasteiger partial charge in [-0.2, -0.15) is 0 Å². The van der Waals surface area contributed by atoms with Crippen molar-refractivity contribution in [1.82, 2.24) is 10.2 Å². The van der Waals surface area contributed by atoms with Crippen molar-refractivity contribution in [3.8, 4) is 0 Å². The van der Waals surface area contributed by atoms with Crippen LogP contribution in [0.15, 0.2) is 40.6 Å². The van der Waals surface area contributed by atoms with Gasteiger partial charge in [-0.15, -0.1) is 23.1 Å². The predicted octanol–water partition coefficient (Wildman–Crippen LogP) is 4.39. The predicted molar refractivity (Wildman–Crippen MR) is 120 cm³/mol. The molecule has 1 unspecified atom stereocenters. The first-order valence-electron chi connectivity index (χ1n) is 10.2. The van der Waals surface area contributed by atoms with Crippen molar-refractivity contribution in [3.63, 3.8) is 0 Å². The number of nitrogens with zero attached hydrogens (tertiary/aromatic N) is 1. The minimum atomic E-state index is -0.0942. The van der Waals surface area contributed by atoms with Crippen LogP contribution < -0.4 is 10.6 Å². The maximum atomic E-state index is 12.9. The van der Waals surface area contributed by atoms with Crippen molar-refractivity contribution in [2.24, 2.45) is 5.92 Å². The van der Waals surface area contributed by atoms with Gasteiger partial charge in [0.05, 0.1) is 11.7 Å². The summed E-state index contributed by atoms with van der Waals surface area (Å²) in [4.78, 5) is 29.5. The van der Waals surface area contributed by atoms with Gasteiger partial charge in [-0.1, -0.05) is 13.0 Å². The molecule has 0 bridgehead atoms. The van der Waals surface area contributed by atoms with Crippen molar-refractivity contribution in [2.45, 2.75) is 37.1 Å². The molecule has 1 fully saturated rings. The molecule has 2 N–H and O–H groups in total. The van der Waals surface area contributed by atoms with Gasteiger partial charge in [0.25, 0.3) is 5.91 Å². The van der Waals surface area contributed by atoms with Crippen molar-refractivity contribution >= 4 is 40.6 Å². The number of hydrogen-bond acceptors (Lipinski definition) is 5. The number of piperidine rings is 1. The average Bonchev–Trinajstić information content (AvgIpc) is 3.18. The first kappa shape index (κ1) is 20.4. The number of anilines is 1. The number of benzene rings is 1. The Balaban J connectivity index is 1.45. The normalized spacial score (nSPS) is 19.1. The number of hydrogen-bond donors (Lipinski definition) is 2. The summed E-state index contributed by atoms with van der Waals surface area (Å²) in [6.07, 6.45) is 2.91. The fourth-order valence-electron chi connectivity index (χ4n) is 3.88. The molecule has 1 saturated heterocycles. The number of likely N-dealkylation sites (tertiary alicyclic amines) is 1. The maximum absolute atomic E-state index is 12.9. The second-order valence-corrected chi connectivity index (χ2v) is 9.93. The number of thiophene rings is 1. The highest BCUT2D eigenvalue weighted by atomic mass is 32.2. The fraction of sp³-hybridized carbons (Fsp3) is 0.455. The van der Waals surface area contributed by atoms with Crippen LogP contribution in [-0.2, 0) is 4.79 Å². The number of carbonyl (C=O) groups is 2. The molecule has 2 aliphatic rings. The number of carbonyl (C=O) groups excluding carboxylic acids is 2.